The lowest BCUT2D eigenvalue weighted by Gasteiger charge is -2.21. The van der Waals surface area contributed by atoms with Gasteiger partial charge >= 0.3 is 5.69 Å². The summed E-state index contributed by atoms with van der Waals surface area (Å²) in [6, 6.07) is 1.30. The number of halogens is 2. The van der Waals surface area contributed by atoms with Crippen LogP contribution in [0, 0.1) is 5.92 Å². The molecule has 3 atom stereocenters. The number of ether oxygens (including phenoxy) is 1. The summed E-state index contributed by atoms with van der Waals surface area (Å²) in [5, 5.41) is 0. The fraction of sp³-hybridized carbons (Fsp3) is 0.636. The Morgan fingerprint density at radius 3 is 2.78 bits per heavy atom. The summed E-state index contributed by atoms with van der Waals surface area (Å²) < 4.78 is 34.2. The number of hydrogen-bond acceptors (Lipinski definition) is 4. The molecule has 1 aromatic heterocycles. The van der Waals surface area contributed by atoms with Gasteiger partial charge in [-0.2, -0.15) is 4.98 Å². The Hall–Kier alpha value is -1.50. The Bertz CT molecular complexity index is 503. The summed E-state index contributed by atoms with van der Waals surface area (Å²) in [7, 11) is 0. The van der Waals surface area contributed by atoms with Crippen LogP contribution >= 0.6 is 0 Å². The second-order valence-corrected chi connectivity index (χ2v) is 4.44. The first-order valence-electron chi connectivity index (χ1n) is 5.75. The molecule has 7 heteroatoms. The van der Waals surface area contributed by atoms with Gasteiger partial charge in [0.2, 0.25) is 6.23 Å². The van der Waals surface area contributed by atoms with Crippen LogP contribution in [0.1, 0.15) is 26.5 Å². The van der Waals surface area contributed by atoms with Gasteiger partial charge in [0.05, 0.1) is 12.0 Å². The van der Waals surface area contributed by atoms with E-state index in [2.05, 4.69) is 4.98 Å². The van der Waals surface area contributed by atoms with Crippen molar-refractivity contribution in [1.29, 1.82) is 0 Å². The van der Waals surface area contributed by atoms with Crippen LogP contribution in [0.5, 0.6) is 0 Å². The first-order valence-corrected chi connectivity index (χ1v) is 5.75. The number of nitrogens with zero attached hydrogens (tertiary/aromatic N) is 2. The molecule has 2 N–H and O–H groups in total. The molecule has 1 aromatic rings. The molecule has 1 aliphatic heterocycles. The van der Waals surface area contributed by atoms with E-state index in [9.17, 15) is 13.6 Å². The fourth-order valence-electron chi connectivity index (χ4n) is 2.15. The van der Waals surface area contributed by atoms with Gasteiger partial charge in [-0.3, -0.25) is 4.57 Å². The molecule has 0 saturated carbocycles. The highest BCUT2D eigenvalue weighted by atomic mass is 19.3. The van der Waals surface area contributed by atoms with Gasteiger partial charge in [-0.25, -0.2) is 13.6 Å². The minimum atomic E-state index is -3.11. The minimum absolute atomic E-state index is 0.00217. The van der Waals surface area contributed by atoms with Crippen molar-refractivity contribution in [3.8, 4) is 0 Å². The third-order valence-electron chi connectivity index (χ3n) is 3.30. The van der Waals surface area contributed by atoms with Crippen LogP contribution in [-0.4, -0.2) is 21.6 Å². The first-order chi connectivity index (χ1) is 8.37. The highest BCUT2D eigenvalue weighted by Crippen LogP contribution is 2.46. The molecule has 1 aliphatic rings. The monoisotopic (exact) mass is 259 g/mol. The van der Waals surface area contributed by atoms with Gasteiger partial charge < -0.3 is 10.5 Å². The molecule has 0 amide bonds. The van der Waals surface area contributed by atoms with E-state index in [4.69, 9.17) is 10.5 Å². The molecule has 1 unspecified atom stereocenters. The highest BCUT2D eigenvalue weighted by molar-refractivity contribution is 5.23. The second kappa shape index (κ2) is 4.31. The van der Waals surface area contributed by atoms with Crippen molar-refractivity contribution < 1.29 is 13.5 Å². The summed E-state index contributed by atoms with van der Waals surface area (Å²) in [4.78, 5) is 15.0. The maximum atomic E-state index is 14.1. The number of alkyl halides is 2. The van der Waals surface area contributed by atoms with Crippen molar-refractivity contribution >= 4 is 5.82 Å². The summed E-state index contributed by atoms with van der Waals surface area (Å²) >= 11 is 0. The molecular weight excluding hydrogens is 244 g/mol. The smallest absolute Gasteiger partial charge is 0.351 e. The average molecular weight is 259 g/mol. The van der Waals surface area contributed by atoms with Crippen LogP contribution in [0.15, 0.2) is 17.1 Å². The Kier molecular flexibility index (Phi) is 3.10. The lowest BCUT2D eigenvalue weighted by Crippen LogP contribution is -2.37. The van der Waals surface area contributed by atoms with Gasteiger partial charge in [0.1, 0.15) is 5.82 Å². The van der Waals surface area contributed by atoms with E-state index in [0.29, 0.717) is 6.42 Å². The van der Waals surface area contributed by atoms with Crippen molar-refractivity contribution in [3.63, 3.8) is 0 Å². The largest absolute Gasteiger partial charge is 0.383 e. The molecule has 0 spiro atoms. The Labute approximate surface area is 103 Å². The molecule has 100 valence electrons. The number of anilines is 1. The summed E-state index contributed by atoms with van der Waals surface area (Å²) in [5.41, 5.74) is 4.49. The normalized spacial score (nSPS) is 30.6. The summed E-state index contributed by atoms with van der Waals surface area (Å²) in [5.74, 6) is -4.06. The summed E-state index contributed by atoms with van der Waals surface area (Å²) in [6.07, 6.45) is -0.536. The number of nitrogen functional groups attached to an aromatic ring is 1. The average Bonchev–Trinajstić information content (AvgIpc) is 2.52. The predicted octanol–water partition coefficient (Wildman–Crippen LogP) is 1.40. The van der Waals surface area contributed by atoms with E-state index in [1.165, 1.54) is 19.2 Å². The predicted molar refractivity (Wildman–Crippen MR) is 61.2 cm³/mol. The molecule has 2 rings (SSSR count). The number of nitrogens with two attached hydrogens (primary N) is 1. The SMILES string of the molecule is CC[C@H]1OC(n2ccc(N)nc2=O)C(F)(F)[C@@H]1C. The van der Waals surface area contributed by atoms with Crippen molar-refractivity contribution in [2.45, 2.75) is 38.5 Å². The highest BCUT2D eigenvalue weighted by Gasteiger charge is 2.57. The zero-order chi connectivity index (χ0) is 13.5. The van der Waals surface area contributed by atoms with E-state index < -0.39 is 29.9 Å². The third kappa shape index (κ3) is 1.88. The Balaban J connectivity index is 2.42. The lowest BCUT2D eigenvalue weighted by atomic mass is 9.98. The van der Waals surface area contributed by atoms with Crippen molar-refractivity contribution in [2.24, 2.45) is 5.92 Å². The Morgan fingerprint density at radius 1 is 1.61 bits per heavy atom. The number of rotatable bonds is 2. The lowest BCUT2D eigenvalue weighted by molar-refractivity contribution is -0.125. The molecule has 0 bridgehead atoms. The van der Waals surface area contributed by atoms with Crippen LogP contribution in [0.2, 0.25) is 0 Å². The van der Waals surface area contributed by atoms with Gasteiger partial charge in [-0.1, -0.05) is 13.8 Å². The molecule has 1 fully saturated rings. The van der Waals surface area contributed by atoms with Gasteiger partial charge in [0, 0.05) is 6.20 Å². The van der Waals surface area contributed by atoms with Gasteiger partial charge in [0.15, 0.2) is 0 Å². The molecule has 0 aromatic carbocycles. The molecule has 0 aliphatic carbocycles. The second-order valence-electron chi connectivity index (χ2n) is 4.44. The van der Waals surface area contributed by atoms with E-state index >= 15 is 0 Å². The first kappa shape index (κ1) is 12.9. The van der Waals surface area contributed by atoms with Crippen LogP contribution in [-0.2, 0) is 4.74 Å². The maximum absolute atomic E-state index is 14.1. The van der Waals surface area contributed by atoms with E-state index in [1.807, 2.05) is 0 Å². The van der Waals surface area contributed by atoms with E-state index in [-0.39, 0.29) is 5.82 Å². The van der Waals surface area contributed by atoms with Crippen molar-refractivity contribution in [1.82, 2.24) is 9.55 Å². The van der Waals surface area contributed by atoms with Gasteiger partial charge in [-0.05, 0) is 12.5 Å². The number of aromatic nitrogens is 2. The van der Waals surface area contributed by atoms with Crippen LogP contribution < -0.4 is 11.4 Å². The number of hydrogen-bond donors (Lipinski definition) is 1. The van der Waals surface area contributed by atoms with Crippen LogP contribution in [0.4, 0.5) is 14.6 Å². The molecule has 18 heavy (non-hydrogen) atoms. The standard InChI is InChI=1S/C11H15F2N3O2/c1-3-7-6(2)11(12,13)9(18-7)16-5-4-8(14)15-10(16)17/h4-7,9H,3H2,1-2H3,(H2,14,15,17)/t6-,7-,9?/m1/s1. The molecular formula is C11H15F2N3O2. The molecule has 1 saturated heterocycles. The van der Waals surface area contributed by atoms with Crippen LogP contribution in [0.25, 0.3) is 0 Å². The maximum Gasteiger partial charge on any atom is 0.351 e. The molecule has 5 nitrogen and oxygen atoms in total. The zero-order valence-electron chi connectivity index (χ0n) is 10.1. The Morgan fingerprint density at radius 2 is 2.28 bits per heavy atom. The van der Waals surface area contributed by atoms with E-state index in [0.717, 1.165) is 4.57 Å². The fourth-order valence-corrected chi connectivity index (χ4v) is 2.15. The quantitative estimate of drug-likeness (QED) is 0.871. The summed E-state index contributed by atoms with van der Waals surface area (Å²) in [6.45, 7) is 3.19. The van der Waals surface area contributed by atoms with Crippen molar-refractivity contribution in [3.05, 3.63) is 22.7 Å². The van der Waals surface area contributed by atoms with Gasteiger partial charge in [-0.15, -0.1) is 0 Å². The van der Waals surface area contributed by atoms with Crippen molar-refractivity contribution in [2.75, 3.05) is 5.73 Å². The van der Waals surface area contributed by atoms with Crippen LogP contribution in [0.3, 0.4) is 0 Å². The molecule has 0 radical (unpaired) electrons. The third-order valence-corrected chi connectivity index (χ3v) is 3.30. The van der Waals surface area contributed by atoms with E-state index in [1.54, 1.807) is 6.92 Å². The zero-order valence-corrected chi connectivity index (χ0v) is 10.1. The molecule has 2 heterocycles. The topological polar surface area (TPSA) is 70.1 Å². The minimum Gasteiger partial charge on any atom is -0.383 e. The van der Waals surface area contributed by atoms with Gasteiger partial charge in [0.25, 0.3) is 5.92 Å².